The predicted octanol–water partition coefficient (Wildman–Crippen LogP) is 2.30. The van der Waals surface area contributed by atoms with Crippen molar-refractivity contribution in [3.63, 3.8) is 0 Å². The smallest absolute Gasteiger partial charge is 0.253 e. The van der Waals surface area contributed by atoms with Crippen LogP contribution in [0.1, 0.15) is 28.8 Å². The van der Waals surface area contributed by atoms with Crippen LogP contribution in [0.3, 0.4) is 0 Å². The van der Waals surface area contributed by atoms with Crippen molar-refractivity contribution in [3.8, 4) is 0 Å². The minimum atomic E-state index is -0.656. The summed E-state index contributed by atoms with van der Waals surface area (Å²) in [7, 11) is 3.39. The third kappa shape index (κ3) is 3.18. The van der Waals surface area contributed by atoms with E-state index in [2.05, 4.69) is 0 Å². The van der Waals surface area contributed by atoms with Crippen molar-refractivity contribution in [1.29, 1.82) is 0 Å². The van der Waals surface area contributed by atoms with E-state index in [0.29, 0.717) is 31.5 Å². The maximum atomic E-state index is 13.5. The maximum absolute atomic E-state index is 13.5. The Morgan fingerprint density at radius 1 is 0.966 bits per heavy atom. The Labute approximate surface area is 170 Å². The highest BCUT2D eigenvalue weighted by molar-refractivity contribution is 6.11. The molecule has 2 aliphatic rings. The second kappa shape index (κ2) is 7.35. The fourth-order valence-corrected chi connectivity index (χ4v) is 4.37. The van der Waals surface area contributed by atoms with Gasteiger partial charge in [-0.2, -0.15) is 0 Å². The quantitative estimate of drug-likeness (QED) is 0.807. The minimum absolute atomic E-state index is 0.00109. The zero-order chi connectivity index (χ0) is 20.6. The Hall–Kier alpha value is -3.15. The maximum Gasteiger partial charge on any atom is 0.253 e. The number of hydrogen-bond donors (Lipinski definition) is 0. The van der Waals surface area contributed by atoms with Gasteiger partial charge in [-0.1, -0.05) is 36.4 Å². The molecule has 1 fully saturated rings. The van der Waals surface area contributed by atoms with Crippen LogP contribution >= 0.6 is 0 Å². The molecule has 2 aliphatic heterocycles. The van der Waals surface area contributed by atoms with E-state index in [1.54, 1.807) is 19.0 Å². The molecule has 0 N–H and O–H groups in total. The third-order valence-corrected chi connectivity index (χ3v) is 6.08. The summed E-state index contributed by atoms with van der Waals surface area (Å²) in [6, 6.07) is 17.0. The number of fused-ring (bicyclic) bond motifs is 2. The Morgan fingerprint density at radius 3 is 2.24 bits per heavy atom. The van der Waals surface area contributed by atoms with E-state index in [1.807, 2.05) is 59.5 Å². The van der Waals surface area contributed by atoms with Gasteiger partial charge >= 0.3 is 0 Å². The van der Waals surface area contributed by atoms with Crippen LogP contribution < -0.4 is 4.90 Å². The van der Waals surface area contributed by atoms with Crippen molar-refractivity contribution in [3.05, 3.63) is 65.7 Å². The van der Waals surface area contributed by atoms with Gasteiger partial charge in [-0.3, -0.25) is 14.4 Å². The van der Waals surface area contributed by atoms with Crippen molar-refractivity contribution in [2.45, 2.75) is 18.3 Å². The summed E-state index contributed by atoms with van der Waals surface area (Å²) in [4.78, 5) is 43.5. The molecule has 29 heavy (non-hydrogen) atoms. The predicted molar refractivity (Wildman–Crippen MR) is 111 cm³/mol. The first-order valence-electron chi connectivity index (χ1n) is 9.90. The molecule has 2 aromatic carbocycles. The van der Waals surface area contributed by atoms with E-state index < -0.39 is 5.41 Å². The minimum Gasteiger partial charge on any atom is -0.347 e. The molecular weight excluding hydrogens is 366 g/mol. The molecule has 1 spiro atoms. The number of likely N-dealkylation sites (tertiary alicyclic amines) is 1. The number of piperidine rings is 1. The van der Waals surface area contributed by atoms with Crippen molar-refractivity contribution < 1.29 is 14.4 Å². The molecular formula is C23H25N3O3. The van der Waals surface area contributed by atoms with Gasteiger partial charge in [-0.15, -0.1) is 0 Å². The topological polar surface area (TPSA) is 60.9 Å². The van der Waals surface area contributed by atoms with E-state index in [1.165, 1.54) is 4.90 Å². The molecule has 0 unspecified atom stereocenters. The van der Waals surface area contributed by atoms with Gasteiger partial charge < -0.3 is 14.7 Å². The van der Waals surface area contributed by atoms with Crippen LogP contribution in [0.5, 0.6) is 0 Å². The van der Waals surface area contributed by atoms with E-state index in [4.69, 9.17) is 0 Å². The normalized spacial score (nSPS) is 17.4. The Bertz CT molecular complexity index is 947. The van der Waals surface area contributed by atoms with Crippen LogP contribution in [0.4, 0.5) is 5.69 Å². The van der Waals surface area contributed by atoms with Gasteiger partial charge in [0.05, 0.1) is 5.41 Å². The highest BCUT2D eigenvalue weighted by Gasteiger charge is 2.52. The first-order valence-corrected chi connectivity index (χ1v) is 9.90. The van der Waals surface area contributed by atoms with Crippen LogP contribution in [0.2, 0.25) is 0 Å². The summed E-state index contributed by atoms with van der Waals surface area (Å²) in [5, 5.41) is 0. The monoisotopic (exact) mass is 391 g/mol. The van der Waals surface area contributed by atoms with Crippen LogP contribution in [0.25, 0.3) is 0 Å². The number of rotatable bonds is 3. The number of likely N-dealkylation sites (N-methyl/N-ethyl adjacent to an activating group) is 1. The summed E-state index contributed by atoms with van der Waals surface area (Å²) in [5.74, 6) is -0.138. The lowest BCUT2D eigenvalue weighted by molar-refractivity contribution is -0.130. The average Bonchev–Trinajstić information content (AvgIpc) is 2.97. The number of carbonyl (C=O) groups is 3. The first-order chi connectivity index (χ1) is 13.9. The zero-order valence-corrected chi connectivity index (χ0v) is 16.8. The van der Waals surface area contributed by atoms with Gasteiger partial charge in [0, 0.05) is 38.4 Å². The highest BCUT2D eigenvalue weighted by Crippen LogP contribution is 2.47. The molecule has 0 aromatic heterocycles. The molecule has 150 valence electrons. The van der Waals surface area contributed by atoms with Gasteiger partial charge in [0.1, 0.15) is 6.54 Å². The number of hydrogen-bond acceptors (Lipinski definition) is 3. The first kappa shape index (κ1) is 19.2. The second-order valence-corrected chi connectivity index (χ2v) is 7.94. The zero-order valence-electron chi connectivity index (χ0n) is 16.8. The lowest BCUT2D eigenvalue weighted by atomic mass is 9.73. The van der Waals surface area contributed by atoms with Gasteiger partial charge in [0.25, 0.3) is 5.91 Å². The summed E-state index contributed by atoms with van der Waals surface area (Å²) >= 11 is 0. The lowest BCUT2D eigenvalue weighted by Crippen LogP contribution is -2.51. The Kier molecular flexibility index (Phi) is 4.86. The molecule has 2 heterocycles. The highest BCUT2D eigenvalue weighted by atomic mass is 16.2. The van der Waals surface area contributed by atoms with E-state index in [9.17, 15) is 14.4 Å². The van der Waals surface area contributed by atoms with Crippen molar-refractivity contribution in [1.82, 2.24) is 9.80 Å². The molecule has 0 saturated carbocycles. The molecule has 0 bridgehead atoms. The van der Waals surface area contributed by atoms with Crippen LogP contribution in [-0.4, -0.2) is 61.3 Å². The number of amides is 3. The number of nitrogens with zero attached hydrogens (tertiary/aromatic N) is 3. The molecule has 4 rings (SSSR count). The van der Waals surface area contributed by atoms with Gasteiger partial charge in [0.15, 0.2) is 0 Å². The lowest BCUT2D eigenvalue weighted by Gasteiger charge is -2.38. The van der Waals surface area contributed by atoms with E-state index in [-0.39, 0.29) is 24.3 Å². The standard InChI is InChI=1S/C23H25N3O3/c1-24(2)20(27)16-26-19-11-7-6-10-18(19)23(22(26)29)12-14-25(15-13-23)21(28)17-8-4-3-5-9-17/h3-11H,12-16H2,1-2H3. The summed E-state index contributed by atoms with van der Waals surface area (Å²) in [6.07, 6.45) is 1.13. The molecule has 6 heteroatoms. The Morgan fingerprint density at radius 2 is 1.59 bits per heavy atom. The molecule has 3 amide bonds. The molecule has 1 saturated heterocycles. The number of benzene rings is 2. The third-order valence-electron chi connectivity index (χ3n) is 6.08. The second-order valence-electron chi connectivity index (χ2n) is 7.94. The van der Waals surface area contributed by atoms with Gasteiger partial charge in [-0.05, 0) is 36.6 Å². The van der Waals surface area contributed by atoms with Crippen molar-refractivity contribution >= 4 is 23.4 Å². The van der Waals surface area contributed by atoms with E-state index in [0.717, 1.165) is 11.3 Å². The van der Waals surface area contributed by atoms with Crippen LogP contribution in [-0.2, 0) is 15.0 Å². The Balaban J connectivity index is 1.58. The van der Waals surface area contributed by atoms with Crippen molar-refractivity contribution in [2.24, 2.45) is 0 Å². The summed E-state index contributed by atoms with van der Waals surface area (Å²) in [5.41, 5.74) is 1.80. The number of anilines is 1. The average molecular weight is 391 g/mol. The molecule has 2 aromatic rings. The van der Waals surface area contributed by atoms with E-state index >= 15 is 0 Å². The molecule has 0 aliphatic carbocycles. The fraction of sp³-hybridized carbons (Fsp3) is 0.348. The summed E-state index contributed by atoms with van der Waals surface area (Å²) in [6.45, 7) is 1.07. The number of carbonyl (C=O) groups excluding carboxylic acids is 3. The summed E-state index contributed by atoms with van der Waals surface area (Å²) < 4.78 is 0. The molecule has 0 atom stereocenters. The number of para-hydroxylation sites is 1. The van der Waals surface area contributed by atoms with Crippen molar-refractivity contribution in [2.75, 3.05) is 38.6 Å². The fourth-order valence-electron chi connectivity index (χ4n) is 4.37. The molecule has 6 nitrogen and oxygen atoms in total. The largest absolute Gasteiger partial charge is 0.347 e. The van der Waals surface area contributed by atoms with Crippen LogP contribution in [0, 0.1) is 0 Å². The van der Waals surface area contributed by atoms with Gasteiger partial charge in [0.2, 0.25) is 11.8 Å². The SMILES string of the molecule is CN(C)C(=O)CN1C(=O)C2(CCN(C(=O)c3ccccc3)CC2)c2ccccc21. The van der Waals surface area contributed by atoms with Crippen LogP contribution in [0.15, 0.2) is 54.6 Å². The van der Waals surface area contributed by atoms with Gasteiger partial charge in [-0.25, -0.2) is 0 Å². The molecule has 0 radical (unpaired) electrons.